The van der Waals surface area contributed by atoms with Gasteiger partial charge in [-0.25, -0.2) is 0 Å². The van der Waals surface area contributed by atoms with E-state index in [0.29, 0.717) is 17.3 Å². The van der Waals surface area contributed by atoms with Gasteiger partial charge in [0.1, 0.15) is 5.84 Å². The molecule has 7 nitrogen and oxygen atoms in total. The van der Waals surface area contributed by atoms with E-state index in [0.717, 1.165) is 11.1 Å². The summed E-state index contributed by atoms with van der Waals surface area (Å²) in [7, 11) is 1.68. The van der Waals surface area contributed by atoms with Crippen molar-refractivity contribution in [1.82, 2.24) is 4.90 Å². The van der Waals surface area contributed by atoms with Crippen LogP contribution >= 0.6 is 11.6 Å². The molecule has 2 aromatic rings. The summed E-state index contributed by atoms with van der Waals surface area (Å²) in [4.78, 5) is 30.6. The number of benzene rings is 2. The van der Waals surface area contributed by atoms with Gasteiger partial charge in [-0.3, -0.25) is 9.59 Å². The van der Waals surface area contributed by atoms with E-state index in [4.69, 9.17) is 22.2 Å². The first-order valence-corrected chi connectivity index (χ1v) is 9.01. The minimum atomic E-state index is -0.388. The predicted molar refractivity (Wildman–Crippen MR) is 110 cm³/mol. The van der Waals surface area contributed by atoms with E-state index in [-0.39, 0.29) is 30.7 Å². The van der Waals surface area contributed by atoms with Gasteiger partial charge in [-0.2, -0.15) is 0 Å². The lowest BCUT2D eigenvalue weighted by Gasteiger charge is -2.17. The van der Waals surface area contributed by atoms with Gasteiger partial charge in [-0.1, -0.05) is 53.2 Å². The van der Waals surface area contributed by atoms with Crippen molar-refractivity contribution in [2.24, 2.45) is 10.9 Å². The highest BCUT2D eigenvalue weighted by molar-refractivity contribution is 6.33. The highest BCUT2D eigenvalue weighted by atomic mass is 35.5. The van der Waals surface area contributed by atoms with Crippen LogP contribution in [0, 0.1) is 6.92 Å². The molecular weight excluding hydrogens is 380 g/mol. The second kappa shape index (κ2) is 10.3. The van der Waals surface area contributed by atoms with E-state index in [1.165, 1.54) is 4.90 Å². The molecule has 0 saturated heterocycles. The minimum absolute atomic E-state index is 0.0427. The smallest absolute Gasteiger partial charge is 0.263 e. The van der Waals surface area contributed by atoms with E-state index in [9.17, 15) is 9.59 Å². The summed E-state index contributed by atoms with van der Waals surface area (Å²) >= 11 is 5.98. The number of oxime groups is 1. The molecule has 2 rings (SSSR count). The average Bonchev–Trinajstić information content (AvgIpc) is 2.65. The number of hydrogen-bond acceptors (Lipinski definition) is 4. The van der Waals surface area contributed by atoms with Crippen LogP contribution in [-0.2, 0) is 21.0 Å². The molecule has 0 aromatic heterocycles. The molecule has 148 valence electrons. The summed E-state index contributed by atoms with van der Waals surface area (Å²) in [6.07, 6.45) is -0.182. The lowest BCUT2D eigenvalue weighted by molar-refractivity contribution is -0.135. The number of nitrogens with one attached hydrogen (secondary N) is 1. The van der Waals surface area contributed by atoms with Gasteiger partial charge in [0.25, 0.3) is 5.91 Å². The maximum atomic E-state index is 12.1. The van der Waals surface area contributed by atoms with Crippen molar-refractivity contribution >= 4 is 34.9 Å². The predicted octanol–water partition coefficient (Wildman–Crippen LogP) is 2.92. The third kappa shape index (κ3) is 6.59. The van der Waals surface area contributed by atoms with E-state index in [1.807, 2.05) is 31.2 Å². The zero-order chi connectivity index (χ0) is 20.5. The lowest BCUT2D eigenvalue weighted by Crippen LogP contribution is -2.30. The summed E-state index contributed by atoms with van der Waals surface area (Å²) in [6.45, 7) is 2.19. The van der Waals surface area contributed by atoms with Crippen LogP contribution in [0.3, 0.4) is 0 Å². The van der Waals surface area contributed by atoms with Crippen LogP contribution in [0.15, 0.2) is 53.7 Å². The number of rotatable bonds is 8. The van der Waals surface area contributed by atoms with Crippen molar-refractivity contribution in [3.8, 4) is 0 Å². The fourth-order valence-corrected chi connectivity index (χ4v) is 2.55. The molecule has 0 fully saturated rings. The zero-order valence-electron chi connectivity index (χ0n) is 15.8. The Hall–Kier alpha value is -3.06. The zero-order valence-corrected chi connectivity index (χ0v) is 16.6. The summed E-state index contributed by atoms with van der Waals surface area (Å²) < 4.78 is 0. The van der Waals surface area contributed by atoms with Crippen molar-refractivity contribution in [2.75, 3.05) is 19.0 Å². The molecule has 0 aliphatic heterocycles. The maximum Gasteiger partial charge on any atom is 0.263 e. The number of aryl methyl sites for hydroxylation is 1. The third-order valence-electron chi connectivity index (χ3n) is 3.95. The highest BCUT2D eigenvalue weighted by Gasteiger charge is 2.12. The number of amides is 2. The molecule has 0 aliphatic rings. The van der Waals surface area contributed by atoms with E-state index in [1.54, 1.807) is 31.3 Å². The molecule has 8 heteroatoms. The Kier molecular flexibility index (Phi) is 7.83. The van der Waals surface area contributed by atoms with Crippen LogP contribution in [0.1, 0.15) is 17.5 Å². The van der Waals surface area contributed by atoms with Crippen molar-refractivity contribution in [1.29, 1.82) is 0 Å². The Labute approximate surface area is 169 Å². The number of hydrogen-bond donors (Lipinski definition) is 2. The monoisotopic (exact) mass is 402 g/mol. The number of nitrogens with two attached hydrogens (primary N) is 1. The first-order valence-electron chi connectivity index (χ1n) is 8.64. The van der Waals surface area contributed by atoms with Gasteiger partial charge in [-0.05, 0) is 30.2 Å². The number of nitrogens with zero attached hydrogens (tertiary/aromatic N) is 2. The number of amidine groups is 1. The molecule has 2 aromatic carbocycles. The minimum Gasteiger partial charge on any atom is -0.384 e. The molecule has 0 aliphatic carbocycles. The topological polar surface area (TPSA) is 97.0 Å². The van der Waals surface area contributed by atoms with Crippen LogP contribution in [0.2, 0.25) is 5.02 Å². The van der Waals surface area contributed by atoms with Crippen molar-refractivity contribution in [3.05, 3.63) is 64.7 Å². The summed E-state index contributed by atoms with van der Waals surface area (Å²) in [6, 6.07) is 14.7. The number of halogens is 1. The molecule has 28 heavy (non-hydrogen) atoms. The number of anilines is 1. The van der Waals surface area contributed by atoms with Gasteiger partial charge >= 0.3 is 0 Å². The van der Waals surface area contributed by atoms with Crippen LogP contribution in [-0.4, -0.2) is 36.2 Å². The van der Waals surface area contributed by atoms with Gasteiger partial charge in [-0.15, -0.1) is 0 Å². The summed E-state index contributed by atoms with van der Waals surface area (Å²) in [5.74, 6) is -0.680. The van der Waals surface area contributed by atoms with Gasteiger partial charge < -0.3 is 20.8 Å². The molecule has 0 bridgehead atoms. The number of likely N-dealkylation sites (N-methyl/N-ethyl adjacent to an activating group) is 1. The standard InChI is InChI=1S/C20H23ClN4O3/c1-14-7-3-4-8-15(14)12-25(2)20(27)13-28-24-18(22)11-19(26)23-17-10-6-5-9-16(17)21/h3-10H,11-13H2,1-2H3,(H2,22,24)(H,23,26). The molecule has 0 heterocycles. The van der Waals surface area contributed by atoms with E-state index < -0.39 is 0 Å². The van der Waals surface area contributed by atoms with Gasteiger partial charge in [0, 0.05) is 13.6 Å². The Bertz CT molecular complexity index is 870. The third-order valence-corrected chi connectivity index (χ3v) is 4.28. The van der Waals surface area contributed by atoms with Gasteiger partial charge in [0.2, 0.25) is 5.91 Å². The molecule has 0 atom stereocenters. The normalized spacial score (nSPS) is 11.0. The molecule has 0 unspecified atom stereocenters. The quantitative estimate of drug-likeness (QED) is 0.403. The molecule has 0 saturated carbocycles. The molecule has 0 radical (unpaired) electrons. The van der Waals surface area contributed by atoms with E-state index in [2.05, 4.69) is 10.5 Å². The van der Waals surface area contributed by atoms with Crippen LogP contribution in [0.4, 0.5) is 5.69 Å². The van der Waals surface area contributed by atoms with Crippen molar-refractivity contribution in [3.63, 3.8) is 0 Å². The maximum absolute atomic E-state index is 12.1. The first kappa shape index (κ1) is 21.2. The summed E-state index contributed by atoms with van der Waals surface area (Å²) in [5, 5.41) is 6.68. The SMILES string of the molecule is Cc1ccccc1CN(C)C(=O)CO/N=C(/N)CC(=O)Nc1ccccc1Cl. The molecule has 0 spiro atoms. The lowest BCUT2D eigenvalue weighted by atomic mass is 10.1. The van der Waals surface area contributed by atoms with Crippen molar-refractivity contribution in [2.45, 2.75) is 19.9 Å². The average molecular weight is 403 g/mol. The van der Waals surface area contributed by atoms with Gasteiger partial charge in [0.05, 0.1) is 17.1 Å². The molecular formula is C20H23ClN4O3. The second-order valence-electron chi connectivity index (χ2n) is 6.24. The first-order chi connectivity index (χ1) is 13.4. The Balaban J connectivity index is 1.78. The highest BCUT2D eigenvalue weighted by Crippen LogP contribution is 2.20. The Morgan fingerprint density at radius 3 is 2.57 bits per heavy atom. The molecule has 2 amide bonds. The van der Waals surface area contributed by atoms with E-state index >= 15 is 0 Å². The van der Waals surface area contributed by atoms with Crippen LogP contribution in [0.5, 0.6) is 0 Å². The van der Waals surface area contributed by atoms with Crippen LogP contribution in [0.25, 0.3) is 0 Å². The Morgan fingerprint density at radius 2 is 1.86 bits per heavy atom. The van der Waals surface area contributed by atoms with Gasteiger partial charge in [0.15, 0.2) is 6.61 Å². The second-order valence-corrected chi connectivity index (χ2v) is 6.64. The Morgan fingerprint density at radius 1 is 1.18 bits per heavy atom. The van der Waals surface area contributed by atoms with Crippen molar-refractivity contribution < 1.29 is 14.4 Å². The largest absolute Gasteiger partial charge is 0.384 e. The number of para-hydroxylation sites is 1. The molecule has 3 N–H and O–H groups in total. The summed E-state index contributed by atoms with van der Waals surface area (Å²) in [5.41, 5.74) is 8.32. The fourth-order valence-electron chi connectivity index (χ4n) is 2.37. The number of carbonyl (C=O) groups is 2. The van der Waals surface area contributed by atoms with Crippen LogP contribution < -0.4 is 11.1 Å². The fraction of sp³-hybridized carbons (Fsp3) is 0.250. The number of carbonyl (C=O) groups excluding carboxylic acids is 2.